The molecule has 3 rings (SSSR count). The van der Waals surface area contributed by atoms with Gasteiger partial charge in [0.05, 0.1) is 13.2 Å². The van der Waals surface area contributed by atoms with E-state index in [1.807, 2.05) is 4.57 Å². The van der Waals surface area contributed by atoms with Crippen LogP contribution in [0.2, 0.25) is 0 Å². The van der Waals surface area contributed by atoms with E-state index in [0.717, 1.165) is 16.9 Å². The Kier molecular flexibility index (Phi) is 3.36. The number of sulfonamides is 1. The molecule has 20 heavy (non-hydrogen) atoms. The van der Waals surface area contributed by atoms with Crippen molar-refractivity contribution in [2.75, 3.05) is 6.54 Å². The maximum Gasteiger partial charge on any atom is 0.253 e. The molecule has 1 aliphatic rings. The van der Waals surface area contributed by atoms with Crippen LogP contribution in [-0.2, 0) is 29.7 Å². The van der Waals surface area contributed by atoms with Crippen LogP contribution in [0.1, 0.15) is 16.3 Å². The molecule has 2 aromatic heterocycles. The van der Waals surface area contributed by atoms with Gasteiger partial charge >= 0.3 is 0 Å². The number of aliphatic hydroxyl groups is 1. The maximum atomic E-state index is 12.6. The highest BCUT2D eigenvalue weighted by Gasteiger charge is 2.30. The lowest BCUT2D eigenvalue weighted by molar-refractivity contribution is 0.285. The summed E-state index contributed by atoms with van der Waals surface area (Å²) in [7, 11) is -3.53. The van der Waals surface area contributed by atoms with Crippen molar-refractivity contribution in [2.24, 2.45) is 0 Å². The van der Waals surface area contributed by atoms with Gasteiger partial charge in [-0.25, -0.2) is 8.42 Å². The number of hydrogen-bond acceptors (Lipinski definition) is 6. The van der Waals surface area contributed by atoms with E-state index in [-0.39, 0.29) is 17.4 Å². The number of hydrogen-bond donors (Lipinski definition) is 1. The molecule has 7 nitrogen and oxygen atoms in total. The van der Waals surface area contributed by atoms with Crippen molar-refractivity contribution < 1.29 is 13.5 Å². The van der Waals surface area contributed by atoms with E-state index in [9.17, 15) is 13.5 Å². The van der Waals surface area contributed by atoms with Crippen molar-refractivity contribution in [3.05, 3.63) is 28.7 Å². The molecule has 9 heteroatoms. The van der Waals surface area contributed by atoms with Crippen LogP contribution in [0.4, 0.5) is 0 Å². The zero-order valence-electron chi connectivity index (χ0n) is 10.9. The topological polar surface area (TPSA) is 88.3 Å². The third-order valence-electron chi connectivity index (χ3n) is 3.34. The average Bonchev–Trinajstić information content (AvgIpc) is 3.03. The molecular formula is C11H14N4O3S2. The minimum Gasteiger partial charge on any atom is -0.391 e. The quantitative estimate of drug-likeness (QED) is 0.883. The van der Waals surface area contributed by atoms with Crippen LogP contribution in [0.5, 0.6) is 0 Å². The van der Waals surface area contributed by atoms with E-state index >= 15 is 0 Å². The molecule has 0 saturated carbocycles. The third-order valence-corrected chi connectivity index (χ3v) is 6.86. The van der Waals surface area contributed by atoms with Crippen molar-refractivity contribution in [3.8, 4) is 0 Å². The standard InChI is InChI=1S/C11H14N4O3S2/c1-8-4-11(19-9(8)6-16)20(17,18)15-3-2-14-7-12-13-10(14)5-15/h4,7,16H,2-3,5-6H2,1H3. The van der Waals surface area contributed by atoms with E-state index in [4.69, 9.17) is 0 Å². The number of thiophene rings is 1. The minimum absolute atomic E-state index is 0.139. The van der Waals surface area contributed by atoms with Crippen LogP contribution in [0.3, 0.4) is 0 Å². The first kappa shape index (κ1) is 13.7. The zero-order chi connectivity index (χ0) is 14.3. The van der Waals surface area contributed by atoms with E-state index in [1.54, 1.807) is 19.3 Å². The predicted molar refractivity (Wildman–Crippen MR) is 72.6 cm³/mol. The normalized spacial score (nSPS) is 16.3. The highest BCUT2D eigenvalue weighted by molar-refractivity contribution is 7.91. The fourth-order valence-electron chi connectivity index (χ4n) is 2.15. The van der Waals surface area contributed by atoms with Crippen molar-refractivity contribution in [3.63, 3.8) is 0 Å². The van der Waals surface area contributed by atoms with Gasteiger partial charge in [0.15, 0.2) is 0 Å². The van der Waals surface area contributed by atoms with Crippen LogP contribution in [-0.4, -0.2) is 39.1 Å². The Morgan fingerprint density at radius 2 is 2.25 bits per heavy atom. The van der Waals surface area contributed by atoms with Crippen LogP contribution < -0.4 is 0 Å². The fourth-order valence-corrected chi connectivity index (χ4v) is 5.14. The molecule has 0 unspecified atom stereocenters. The van der Waals surface area contributed by atoms with Gasteiger partial charge in [0.2, 0.25) is 0 Å². The number of fused-ring (bicyclic) bond motifs is 1. The highest BCUT2D eigenvalue weighted by atomic mass is 32.2. The second-order valence-corrected chi connectivity index (χ2v) is 7.91. The first-order valence-electron chi connectivity index (χ1n) is 6.09. The Labute approximate surface area is 120 Å². The highest BCUT2D eigenvalue weighted by Crippen LogP contribution is 2.29. The summed E-state index contributed by atoms with van der Waals surface area (Å²) in [5.74, 6) is 0.649. The molecule has 0 spiro atoms. The van der Waals surface area contributed by atoms with Gasteiger partial charge in [-0.05, 0) is 18.6 Å². The van der Waals surface area contributed by atoms with Gasteiger partial charge in [0, 0.05) is 18.0 Å². The largest absolute Gasteiger partial charge is 0.391 e. The van der Waals surface area contributed by atoms with Crippen molar-refractivity contribution in [1.29, 1.82) is 0 Å². The number of rotatable bonds is 3. The molecule has 0 saturated heterocycles. The van der Waals surface area contributed by atoms with E-state index in [1.165, 1.54) is 4.31 Å². The van der Waals surface area contributed by atoms with E-state index < -0.39 is 10.0 Å². The number of nitrogens with zero attached hydrogens (tertiary/aromatic N) is 4. The van der Waals surface area contributed by atoms with Gasteiger partial charge in [0.1, 0.15) is 16.4 Å². The summed E-state index contributed by atoms with van der Waals surface area (Å²) >= 11 is 1.12. The van der Waals surface area contributed by atoms with Crippen LogP contribution in [0.25, 0.3) is 0 Å². The van der Waals surface area contributed by atoms with E-state index in [2.05, 4.69) is 10.2 Å². The molecule has 0 aromatic carbocycles. The van der Waals surface area contributed by atoms with Crippen molar-refractivity contribution >= 4 is 21.4 Å². The van der Waals surface area contributed by atoms with Gasteiger partial charge in [-0.1, -0.05) is 0 Å². The molecule has 0 bridgehead atoms. The lowest BCUT2D eigenvalue weighted by Gasteiger charge is -2.25. The second kappa shape index (κ2) is 4.92. The van der Waals surface area contributed by atoms with Gasteiger partial charge < -0.3 is 9.67 Å². The summed E-state index contributed by atoms with van der Waals surface area (Å²) in [4.78, 5) is 0.684. The molecule has 2 aromatic rings. The monoisotopic (exact) mass is 314 g/mol. The SMILES string of the molecule is Cc1cc(S(=O)(=O)N2CCn3cnnc3C2)sc1CO. The Morgan fingerprint density at radius 3 is 2.95 bits per heavy atom. The molecule has 3 heterocycles. The Bertz CT molecular complexity index is 735. The molecular weight excluding hydrogens is 300 g/mol. The third kappa shape index (κ3) is 2.16. The molecule has 1 N–H and O–H groups in total. The Balaban J connectivity index is 1.92. The molecule has 0 amide bonds. The Hall–Kier alpha value is -1.29. The number of aryl methyl sites for hydroxylation is 1. The lowest BCUT2D eigenvalue weighted by Crippen LogP contribution is -2.37. The Morgan fingerprint density at radius 1 is 1.45 bits per heavy atom. The van der Waals surface area contributed by atoms with Gasteiger partial charge in [-0.3, -0.25) is 0 Å². The molecule has 0 radical (unpaired) electrons. The lowest BCUT2D eigenvalue weighted by atomic mass is 10.3. The van der Waals surface area contributed by atoms with Crippen molar-refractivity contribution in [1.82, 2.24) is 19.1 Å². The fraction of sp³-hybridized carbons (Fsp3) is 0.455. The molecule has 108 valence electrons. The van der Waals surface area contributed by atoms with Crippen LogP contribution >= 0.6 is 11.3 Å². The first-order chi connectivity index (χ1) is 9.52. The van der Waals surface area contributed by atoms with Gasteiger partial charge in [0.25, 0.3) is 10.0 Å². The van der Waals surface area contributed by atoms with Crippen LogP contribution in [0, 0.1) is 6.92 Å². The van der Waals surface area contributed by atoms with Gasteiger partial charge in [-0.2, -0.15) is 4.31 Å². The summed E-state index contributed by atoms with van der Waals surface area (Å²) in [6, 6.07) is 1.62. The second-order valence-electron chi connectivity index (χ2n) is 4.61. The summed E-state index contributed by atoms with van der Waals surface area (Å²) in [6.07, 6.45) is 1.61. The van der Waals surface area contributed by atoms with E-state index in [0.29, 0.717) is 23.8 Å². The summed E-state index contributed by atoms with van der Waals surface area (Å²) < 4.78 is 28.7. The molecule has 0 aliphatic carbocycles. The smallest absolute Gasteiger partial charge is 0.253 e. The summed E-state index contributed by atoms with van der Waals surface area (Å²) in [6.45, 7) is 2.85. The predicted octanol–water partition coefficient (Wildman–Crippen LogP) is 0.345. The van der Waals surface area contributed by atoms with Crippen LogP contribution in [0.15, 0.2) is 16.6 Å². The molecule has 0 fully saturated rings. The maximum absolute atomic E-state index is 12.6. The van der Waals surface area contributed by atoms with Gasteiger partial charge in [-0.15, -0.1) is 21.5 Å². The number of aliphatic hydroxyl groups excluding tert-OH is 1. The zero-order valence-corrected chi connectivity index (χ0v) is 12.5. The average molecular weight is 314 g/mol. The summed E-state index contributed by atoms with van der Waals surface area (Å²) in [5, 5.41) is 16.9. The molecule has 0 atom stereocenters. The first-order valence-corrected chi connectivity index (χ1v) is 8.35. The van der Waals surface area contributed by atoms with Crippen molar-refractivity contribution in [2.45, 2.75) is 30.8 Å². The summed E-state index contributed by atoms with van der Waals surface area (Å²) in [5.41, 5.74) is 0.802. The minimum atomic E-state index is -3.53. The molecule has 1 aliphatic heterocycles. The number of aromatic nitrogens is 3.